The topological polar surface area (TPSA) is 64.4 Å². The second kappa shape index (κ2) is 4.57. The van der Waals surface area contributed by atoms with Crippen molar-refractivity contribution in [2.75, 3.05) is 5.73 Å². The number of hydrogen-bond donors (Lipinski definition) is 2. The molecule has 4 nitrogen and oxygen atoms in total. The van der Waals surface area contributed by atoms with Gasteiger partial charge in [-0.25, -0.2) is 0 Å². The number of anilines is 1. The normalized spacial score (nSPS) is 20.8. The third kappa shape index (κ3) is 2.97. The number of halogens is 3. The first-order valence-electron chi connectivity index (χ1n) is 6.05. The van der Waals surface area contributed by atoms with E-state index in [2.05, 4.69) is 0 Å². The third-order valence-corrected chi connectivity index (χ3v) is 3.05. The molecule has 2 rings (SSSR count). The third-order valence-electron chi connectivity index (χ3n) is 3.05. The van der Waals surface area contributed by atoms with Crippen molar-refractivity contribution < 1.29 is 22.7 Å². The van der Waals surface area contributed by atoms with Crippen molar-refractivity contribution in [2.24, 2.45) is 0 Å². The Labute approximate surface area is 114 Å². The SMILES string of the molecule is CC1(C)CC(NC(=O)C(F)(F)F)c2cc(N)ccc2O1. The van der Waals surface area contributed by atoms with Gasteiger partial charge in [-0.1, -0.05) is 0 Å². The van der Waals surface area contributed by atoms with E-state index in [1.54, 1.807) is 26.0 Å². The average molecular weight is 288 g/mol. The van der Waals surface area contributed by atoms with Crippen LogP contribution in [0.4, 0.5) is 18.9 Å². The lowest BCUT2D eigenvalue weighted by molar-refractivity contribution is -0.174. The van der Waals surface area contributed by atoms with Gasteiger partial charge >= 0.3 is 12.1 Å². The molecule has 1 unspecified atom stereocenters. The molecule has 0 radical (unpaired) electrons. The lowest BCUT2D eigenvalue weighted by Crippen LogP contribution is -2.45. The predicted octanol–water partition coefficient (Wildman–Crippen LogP) is 2.55. The van der Waals surface area contributed by atoms with Gasteiger partial charge in [0.25, 0.3) is 0 Å². The number of nitrogens with one attached hydrogen (secondary N) is 1. The minimum Gasteiger partial charge on any atom is -0.487 e. The Morgan fingerprint density at radius 3 is 2.70 bits per heavy atom. The van der Waals surface area contributed by atoms with E-state index in [4.69, 9.17) is 10.5 Å². The summed E-state index contributed by atoms with van der Waals surface area (Å²) >= 11 is 0. The highest BCUT2D eigenvalue weighted by Gasteiger charge is 2.42. The smallest absolute Gasteiger partial charge is 0.471 e. The van der Waals surface area contributed by atoms with Gasteiger partial charge in [0.15, 0.2) is 0 Å². The molecule has 1 amide bonds. The lowest BCUT2D eigenvalue weighted by atomic mass is 9.89. The van der Waals surface area contributed by atoms with Gasteiger partial charge < -0.3 is 15.8 Å². The van der Waals surface area contributed by atoms with E-state index in [0.29, 0.717) is 17.0 Å². The van der Waals surface area contributed by atoms with Crippen LogP contribution in [0.3, 0.4) is 0 Å². The minimum absolute atomic E-state index is 0.227. The Kier molecular flexibility index (Phi) is 3.31. The van der Waals surface area contributed by atoms with Crippen LogP contribution in [0.25, 0.3) is 0 Å². The quantitative estimate of drug-likeness (QED) is 0.781. The molecule has 0 saturated carbocycles. The van der Waals surface area contributed by atoms with Crippen LogP contribution in [0.1, 0.15) is 31.9 Å². The molecule has 3 N–H and O–H groups in total. The van der Waals surface area contributed by atoms with Gasteiger partial charge in [0, 0.05) is 17.7 Å². The molecule has 110 valence electrons. The lowest BCUT2D eigenvalue weighted by Gasteiger charge is -2.38. The number of benzene rings is 1. The minimum atomic E-state index is -4.91. The first-order chi connectivity index (χ1) is 9.08. The van der Waals surface area contributed by atoms with Gasteiger partial charge in [-0.2, -0.15) is 13.2 Å². The molecule has 0 saturated heterocycles. The monoisotopic (exact) mass is 288 g/mol. The molecule has 20 heavy (non-hydrogen) atoms. The maximum absolute atomic E-state index is 12.4. The van der Waals surface area contributed by atoms with E-state index in [1.807, 2.05) is 5.32 Å². The summed E-state index contributed by atoms with van der Waals surface area (Å²) in [5, 5.41) is 2.00. The molecule has 1 atom stereocenters. The van der Waals surface area contributed by atoms with E-state index < -0.39 is 23.7 Å². The van der Waals surface area contributed by atoms with Gasteiger partial charge in [-0.3, -0.25) is 4.79 Å². The van der Waals surface area contributed by atoms with Crippen LogP contribution in [-0.2, 0) is 4.79 Å². The van der Waals surface area contributed by atoms with E-state index in [9.17, 15) is 18.0 Å². The molecular weight excluding hydrogens is 273 g/mol. The summed E-state index contributed by atoms with van der Waals surface area (Å²) in [6.07, 6.45) is -4.69. The van der Waals surface area contributed by atoms with Crippen LogP contribution in [0, 0.1) is 0 Å². The maximum Gasteiger partial charge on any atom is 0.471 e. The molecule has 0 bridgehead atoms. The highest BCUT2D eigenvalue weighted by atomic mass is 19.4. The molecule has 0 fully saturated rings. The molecule has 0 aromatic heterocycles. The second-order valence-corrected chi connectivity index (χ2v) is 5.39. The number of fused-ring (bicyclic) bond motifs is 1. The summed E-state index contributed by atoms with van der Waals surface area (Å²) in [6, 6.07) is 3.93. The van der Waals surface area contributed by atoms with Crippen LogP contribution in [0.5, 0.6) is 5.75 Å². The van der Waals surface area contributed by atoms with Crippen molar-refractivity contribution in [2.45, 2.75) is 38.1 Å². The maximum atomic E-state index is 12.4. The fourth-order valence-corrected chi connectivity index (χ4v) is 2.24. The molecule has 1 aromatic carbocycles. The molecule has 7 heteroatoms. The van der Waals surface area contributed by atoms with Crippen molar-refractivity contribution in [1.29, 1.82) is 0 Å². The van der Waals surface area contributed by atoms with Crippen LogP contribution in [0.15, 0.2) is 18.2 Å². The Balaban J connectivity index is 2.34. The highest BCUT2D eigenvalue weighted by Crippen LogP contribution is 2.40. The Morgan fingerprint density at radius 2 is 2.10 bits per heavy atom. The molecule has 1 aliphatic rings. The van der Waals surface area contributed by atoms with Crippen LogP contribution < -0.4 is 15.8 Å². The zero-order valence-electron chi connectivity index (χ0n) is 11.0. The van der Waals surface area contributed by atoms with Crippen LogP contribution in [-0.4, -0.2) is 17.7 Å². The van der Waals surface area contributed by atoms with Gasteiger partial charge in [0.1, 0.15) is 11.4 Å². The fourth-order valence-electron chi connectivity index (χ4n) is 2.24. The number of alkyl halides is 3. The molecule has 1 aliphatic heterocycles. The fraction of sp³-hybridized carbons (Fsp3) is 0.462. The predicted molar refractivity (Wildman–Crippen MR) is 67.1 cm³/mol. The number of carbonyl (C=O) groups excluding carboxylic acids is 1. The van der Waals surface area contributed by atoms with Gasteiger partial charge in [-0.05, 0) is 32.0 Å². The van der Waals surface area contributed by atoms with Crippen molar-refractivity contribution >= 4 is 11.6 Å². The van der Waals surface area contributed by atoms with E-state index >= 15 is 0 Å². The molecule has 0 aliphatic carbocycles. The summed E-state index contributed by atoms with van der Waals surface area (Å²) in [4.78, 5) is 11.1. The molecule has 1 heterocycles. The van der Waals surface area contributed by atoms with E-state index in [-0.39, 0.29) is 6.42 Å². The summed E-state index contributed by atoms with van der Waals surface area (Å²) < 4.78 is 42.8. The van der Waals surface area contributed by atoms with E-state index in [0.717, 1.165) is 0 Å². The molecule has 1 aromatic rings. The number of carbonyl (C=O) groups is 1. The van der Waals surface area contributed by atoms with Crippen LogP contribution >= 0.6 is 0 Å². The molecule has 0 spiro atoms. The summed E-state index contributed by atoms with van der Waals surface area (Å²) in [5.41, 5.74) is 5.83. The first kappa shape index (κ1) is 14.5. The summed E-state index contributed by atoms with van der Waals surface area (Å²) in [6.45, 7) is 3.50. The van der Waals surface area contributed by atoms with Crippen molar-refractivity contribution in [1.82, 2.24) is 5.32 Å². The van der Waals surface area contributed by atoms with Crippen molar-refractivity contribution in [3.63, 3.8) is 0 Å². The Hall–Kier alpha value is -1.92. The standard InChI is InChI=1S/C13H15F3N2O2/c1-12(2)6-9(18-11(19)13(14,15)16)8-5-7(17)3-4-10(8)20-12/h3-5,9H,6,17H2,1-2H3,(H,18,19). The van der Waals surface area contributed by atoms with Gasteiger partial charge in [-0.15, -0.1) is 0 Å². The molecular formula is C13H15F3N2O2. The van der Waals surface area contributed by atoms with Gasteiger partial charge in [0.2, 0.25) is 0 Å². The number of nitrogens with two attached hydrogens (primary N) is 1. The highest BCUT2D eigenvalue weighted by molar-refractivity contribution is 5.82. The van der Waals surface area contributed by atoms with Crippen molar-refractivity contribution in [3.05, 3.63) is 23.8 Å². The number of hydrogen-bond acceptors (Lipinski definition) is 3. The summed E-state index contributed by atoms with van der Waals surface area (Å²) in [7, 11) is 0. The van der Waals surface area contributed by atoms with Crippen molar-refractivity contribution in [3.8, 4) is 5.75 Å². The van der Waals surface area contributed by atoms with E-state index in [1.165, 1.54) is 6.07 Å². The zero-order valence-corrected chi connectivity index (χ0v) is 11.0. The average Bonchev–Trinajstić information content (AvgIpc) is 2.27. The van der Waals surface area contributed by atoms with Gasteiger partial charge in [0.05, 0.1) is 6.04 Å². The van der Waals surface area contributed by atoms with Crippen LogP contribution in [0.2, 0.25) is 0 Å². The number of ether oxygens (including phenoxy) is 1. The number of nitrogen functional groups attached to an aromatic ring is 1. The Bertz CT molecular complexity index is 541. The second-order valence-electron chi connectivity index (χ2n) is 5.39. The largest absolute Gasteiger partial charge is 0.487 e. The number of rotatable bonds is 1. The number of amides is 1. The zero-order chi connectivity index (χ0) is 15.1. The first-order valence-corrected chi connectivity index (χ1v) is 6.05. The summed E-state index contributed by atoms with van der Waals surface area (Å²) in [5.74, 6) is -1.53. The Morgan fingerprint density at radius 1 is 1.45 bits per heavy atom.